The quantitative estimate of drug-likeness (QED) is 0.516. The summed E-state index contributed by atoms with van der Waals surface area (Å²) in [6.07, 6.45) is 3.45. The molecule has 2 aromatic heterocycles. The van der Waals surface area contributed by atoms with E-state index in [9.17, 15) is 21.6 Å². The van der Waals surface area contributed by atoms with Gasteiger partial charge in [-0.15, -0.1) is 11.3 Å². The Morgan fingerprint density at radius 2 is 1.92 bits per heavy atom. The number of aromatic nitrogens is 2. The van der Waals surface area contributed by atoms with Crippen LogP contribution in [-0.4, -0.2) is 62.0 Å². The Morgan fingerprint density at radius 1 is 1.17 bits per heavy atom. The van der Waals surface area contributed by atoms with Gasteiger partial charge in [-0.2, -0.15) is 13.2 Å². The van der Waals surface area contributed by atoms with Crippen LogP contribution in [0, 0.1) is 11.3 Å². The van der Waals surface area contributed by atoms with Crippen molar-refractivity contribution in [3.05, 3.63) is 17.3 Å². The molecule has 0 atom stereocenters. The number of halogens is 3. The molecule has 0 unspecified atom stereocenters. The Bertz CT molecular complexity index is 1170. The van der Waals surface area contributed by atoms with Gasteiger partial charge in [0.05, 0.1) is 17.6 Å². The van der Waals surface area contributed by atoms with Crippen LogP contribution >= 0.6 is 11.3 Å². The summed E-state index contributed by atoms with van der Waals surface area (Å²) in [5, 5.41) is 4.46. The van der Waals surface area contributed by atoms with Crippen molar-refractivity contribution < 1.29 is 21.6 Å². The Morgan fingerprint density at radius 3 is 2.61 bits per heavy atom. The molecule has 200 valence electrons. The van der Waals surface area contributed by atoms with E-state index in [1.165, 1.54) is 6.33 Å². The van der Waals surface area contributed by atoms with Gasteiger partial charge in [0.2, 0.25) is 10.0 Å². The van der Waals surface area contributed by atoms with E-state index in [0.29, 0.717) is 16.8 Å². The van der Waals surface area contributed by atoms with Gasteiger partial charge in [0, 0.05) is 30.1 Å². The summed E-state index contributed by atoms with van der Waals surface area (Å²) < 4.78 is 65.0. The smallest absolute Gasteiger partial charge is 0.355 e. The lowest BCUT2D eigenvalue weighted by molar-refractivity contribution is -0.126. The number of thiophene rings is 1. The number of hydrogen-bond donors (Lipinski definition) is 2. The molecule has 1 saturated heterocycles. The number of rotatable bonds is 8. The minimum absolute atomic E-state index is 0.0728. The van der Waals surface area contributed by atoms with Gasteiger partial charge in [0.15, 0.2) is 0 Å². The van der Waals surface area contributed by atoms with Crippen molar-refractivity contribution in [1.29, 1.82) is 0 Å². The molecule has 2 aromatic rings. The van der Waals surface area contributed by atoms with Gasteiger partial charge < -0.3 is 10.2 Å². The maximum Gasteiger partial charge on any atom is 0.393 e. The number of sulfonamides is 1. The fourth-order valence-electron chi connectivity index (χ4n) is 6.16. The first kappa shape index (κ1) is 26.1. The predicted molar refractivity (Wildman–Crippen MR) is 136 cm³/mol. The molecule has 36 heavy (non-hydrogen) atoms. The van der Waals surface area contributed by atoms with Crippen molar-refractivity contribution in [2.75, 3.05) is 30.3 Å². The van der Waals surface area contributed by atoms with Gasteiger partial charge in [-0.1, -0.05) is 0 Å². The van der Waals surface area contributed by atoms with Gasteiger partial charge in [0.25, 0.3) is 0 Å². The molecule has 0 radical (unpaired) electrons. The number of hydrogen-bond acceptors (Lipinski definition) is 7. The second-order valence-electron chi connectivity index (χ2n) is 10.8. The molecule has 0 aromatic carbocycles. The summed E-state index contributed by atoms with van der Waals surface area (Å²) >= 11 is 1.10. The normalized spacial score (nSPS) is 29.2. The molecule has 0 amide bonds. The second kappa shape index (κ2) is 9.99. The van der Waals surface area contributed by atoms with E-state index in [-0.39, 0.29) is 22.1 Å². The van der Waals surface area contributed by atoms with E-state index in [1.807, 2.05) is 0 Å². The van der Waals surface area contributed by atoms with Gasteiger partial charge in [-0.3, -0.25) is 0 Å². The lowest BCUT2D eigenvalue weighted by atomic mass is 9.65. The molecule has 1 aliphatic heterocycles. The first-order chi connectivity index (χ1) is 17.0. The van der Waals surface area contributed by atoms with Crippen LogP contribution < -0.4 is 14.9 Å². The molecular formula is C24H34F3N5O2S2. The van der Waals surface area contributed by atoms with Crippen LogP contribution in [0.5, 0.6) is 0 Å². The summed E-state index contributed by atoms with van der Waals surface area (Å²) in [6.45, 7) is 4.38. The third kappa shape index (κ3) is 5.97. The molecular weight excluding hydrogens is 511 g/mol. The number of nitrogens with one attached hydrogen (secondary N) is 2. The molecule has 0 bridgehead atoms. The van der Waals surface area contributed by atoms with Crippen LogP contribution in [0.4, 0.5) is 19.0 Å². The van der Waals surface area contributed by atoms with Crippen LogP contribution in [0.3, 0.4) is 0 Å². The van der Waals surface area contributed by atoms with Crippen LogP contribution in [0.1, 0.15) is 56.7 Å². The molecule has 5 rings (SSSR count). The van der Waals surface area contributed by atoms with E-state index in [2.05, 4.69) is 24.9 Å². The van der Waals surface area contributed by atoms with E-state index >= 15 is 0 Å². The average molecular weight is 546 g/mol. The largest absolute Gasteiger partial charge is 0.393 e. The van der Waals surface area contributed by atoms with E-state index in [1.54, 1.807) is 13.0 Å². The zero-order chi connectivity index (χ0) is 25.6. The molecule has 3 fully saturated rings. The fraction of sp³-hybridized carbons (Fsp3) is 0.750. The first-order valence-electron chi connectivity index (χ1n) is 12.8. The van der Waals surface area contributed by atoms with Crippen LogP contribution in [0.2, 0.25) is 0 Å². The van der Waals surface area contributed by atoms with Crippen LogP contribution in [0.15, 0.2) is 12.4 Å². The Labute approximate surface area is 214 Å². The highest BCUT2D eigenvalue weighted by Crippen LogP contribution is 2.49. The highest BCUT2D eigenvalue weighted by molar-refractivity contribution is 7.89. The first-order valence-corrected chi connectivity index (χ1v) is 15.3. The summed E-state index contributed by atoms with van der Waals surface area (Å²) in [5.41, 5.74) is 0.246. The van der Waals surface area contributed by atoms with Gasteiger partial charge in [0.1, 0.15) is 17.0 Å². The molecule has 3 aliphatic rings. The Balaban J connectivity index is 1.10. The molecule has 7 nitrogen and oxygen atoms in total. The van der Waals surface area contributed by atoms with Gasteiger partial charge in [-0.05, 0) is 75.8 Å². The standard InChI is InChI=1S/C24H34F3N5O2S2/c1-2-36(33,34)31-17-5-3-16(4-6-17)13-28-18-10-23(11-18)7-8-32(14-23)21-20-9-19(12-24(25,26)27)35-22(20)30-15-29-21/h9,15-18,28,31H,2-8,10-14H2,1H3/t16-,17-,18?,23?. The summed E-state index contributed by atoms with van der Waals surface area (Å²) in [6, 6.07) is 2.18. The zero-order valence-corrected chi connectivity index (χ0v) is 22.1. The average Bonchev–Trinajstić information content (AvgIpc) is 3.40. The number of alkyl halides is 3. The van der Waals surface area contributed by atoms with E-state index < -0.39 is 22.6 Å². The number of nitrogens with zero attached hydrogens (tertiary/aromatic N) is 3. The van der Waals surface area contributed by atoms with Crippen molar-refractivity contribution in [2.24, 2.45) is 11.3 Å². The number of fused-ring (bicyclic) bond motifs is 1. The fourth-order valence-corrected chi connectivity index (χ4v) is 8.09. The topological polar surface area (TPSA) is 87.2 Å². The third-order valence-corrected chi connectivity index (χ3v) is 10.6. The van der Waals surface area contributed by atoms with Crippen molar-refractivity contribution in [3.8, 4) is 0 Å². The highest BCUT2D eigenvalue weighted by Gasteiger charge is 2.48. The third-order valence-electron chi connectivity index (χ3n) is 8.10. The highest BCUT2D eigenvalue weighted by atomic mass is 32.2. The number of anilines is 1. The summed E-state index contributed by atoms with van der Waals surface area (Å²) in [7, 11) is -3.14. The molecule has 12 heteroatoms. The zero-order valence-electron chi connectivity index (χ0n) is 20.5. The van der Waals surface area contributed by atoms with Crippen molar-refractivity contribution in [2.45, 2.75) is 76.6 Å². The monoisotopic (exact) mass is 545 g/mol. The lowest BCUT2D eigenvalue weighted by Gasteiger charge is -2.46. The lowest BCUT2D eigenvalue weighted by Crippen LogP contribution is -2.51. The Hall–Kier alpha value is -1.50. The maximum atomic E-state index is 12.9. The van der Waals surface area contributed by atoms with Gasteiger partial charge >= 0.3 is 6.18 Å². The summed E-state index contributed by atoms with van der Waals surface area (Å²) in [5.74, 6) is 1.47. The molecule has 1 spiro atoms. The molecule has 3 heterocycles. The van der Waals surface area contributed by atoms with Crippen molar-refractivity contribution >= 4 is 37.4 Å². The SMILES string of the molecule is CCS(=O)(=O)N[C@H]1CC[C@H](CNC2CC3(CCN(c4ncnc5sc(CC(F)(F)F)cc45)C3)C2)CC1. The molecule has 2 N–H and O–H groups in total. The summed E-state index contributed by atoms with van der Waals surface area (Å²) in [4.78, 5) is 11.8. The van der Waals surface area contributed by atoms with E-state index in [0.717, 1.165) is 87.1 Å². The van der Waals surface area contributed by atoms with Crippen molar-refractivity contribution in [1.82, 2.24) is 20.0 Å². The molecule has 2 aliphatic carbocycles. The molecule has 2 saturated carbocycles. The van der Waals surface area contributed by atoms with E-state index in [4.69, 9.17) is 0 Å². The van der Waals surface area contributed by atoms with Crippen molar-refractivity contribution in [3.63, 3.8) is 0 Å². The minimum atomic E-state index is -4.23. The van der Waals surface area contributed by atoms with Crippen LogP contribution in [0.25, 0.3) is 10.2 Å². The Kier molecular flexibility index (Phi) is 7.25. The van der Waals surface area contributed by atoms with Crippen LogP contribution in [-0.2, 0) is 16.4 Å². The van der Waals surface area contributed by atoms with Gasteiger partial charge in [-0.25, -0.2) is 23.1 Å². The minimum Gasteiger partial charge on any atom is -0.355 e. The maximum absolute atomic E-state index is 12.9. The predicted octanol–water partition coefficient (Wildman–Crippen LogP) is 4.24. The second-order valence-corrected chi connectivity index (χ2v) is 14.0.